The summed E-state index contributed by atoms with van der Waals surface area (Å²) in [4.78, 5) is 32.3. The number of nitrogens with zero attached hydrogens (tertiary/aromatic N) is 3. The molecule has 0 radical (unpaired) electrons. The van der Waals surface area contributed by atoms with E-state index in [9.17, 15) is 14.9 Å². The van der Waals surface area contributed by atoms with Gasteiger partial charge in [-0.15, -0.1) is 0 Å². The first-order valence-corrected chi connectivity index (χ1v) is 14.9. The third kappa shape index (κ3) is 6.26. The van der Waals surface area contributed by atoms with Crippen LogP contribution in [0.25, 0.3) is 6.08 Å². The van der Waals surface area contributed by atoms with Gasteiger partial charge in [-0.25, -0.2) is 9.79 Å². The second kappa shape index (κ2) is 13.1. The molecule has 0 unspecified atom stereocenters. The van der Waals surface area contributed by atoms with Gasteiger partial charge in [0.05, 0.1) is 46.7 Å². The fourth-order valence-electron chi connectivity index (χ4n) is 4.84. The summed E-state index contributed by atoms with van der Waals surface area (Å²) in [6.45, 7) is 6.24. The van der Waals surface area contributed by atoms with Gasteiger partial charge in [-0.05, 0) is 68.8 Å². The number of carbonyl (C=O) groups excluding carboxylic acids is 1. The summed E-state index contributed by atoms with van der Waals surface area (Å²) in [5.41, 5.74) is 3.03. The number of hydrogen-bond donors (Lipinski definition) is 0. The first kappa shape index (κ1) is 29.8. The molecular weight excluding hydrogens is 586 g/mol. The topological polar surface area (TPSA) is 103 Å². The molecule has 43 heavy (non-hydrogen) atoms. The van der Waals surface area contributed by atoms with Gasteiger partial charge in [0.25, 0.3) is 5.56 Å². The number of ether oxygens (including phenoxy) is 3. The van der Waals surface area contributed by atoms with E-state index < -0.39 is 12.0 Å². The monoisotopic (exact) mass is 613 g/mol. The van der Waals surface area contributed by atoms with E-state index in [-0.39, 0.29) is 18.8 Å². The summed E-state index contributed by atoms with van der Waals surface area (Å²) in [5.74, 6) is 0.650. The molecule has 0 amide bonds. The van der Waals surface area contributed by atoms with Gasteiger partial charge in [0.1, 0.15) is 18.1 Å². The van der Waals surface area contributed by atoms with Crippen molar-refractivity contribution in [2.45, 2.75) is 33.4 Å². The van der Waals surface area contributed by atoms with E-state index in [1.54, 1.807) is 50.3 Å². The molecule has 0 spiro atoms. The van der Waals surface area contributed by atoms with Crippen LogP contribution in [-0.4, -0.2) is 23.8 Å². The Morgan fingerprint density at radius 2 is 1.86 bits per heavy atom. The Kier molecular flexibility index (Phi) is 9.10. The number of hydrogen-bond acceptors (Lipinski definition) is 8. The van der Waals surface area contributed by atoms with Crippen LogP contribution in [0.4, 0.5) is 0 Å². The molecule has 1 aromatic heterocycles. The highest BCUT2D eigenvalue weighted by Gasteiger charge is 2.33. The number of benzene rings is 3. The van der Waals surface area contributed by atoms with Gasteiger partial charge in [0.15, 0.2) is 4.80 Å². The predicted octanol–water partition coefficient (Wildman–Crippen LogP) is 5.30. The summed E-state index contributed by atoms with van der Waals surface area (Å²) in [7, 11) is 0. The Bertz CT molecular complexity index is 1940. The zero-order chi connectivity index (χ0) is 30.5. The first-order valence-electron chi connectivity index (χ1n) is 13.7. The molecule has 5 rings (SSSR count). The maximum atomic E-state index is 14.0. The van der Waals surface area contributed by atoms with Crippen LogP contribution >= 0.6 is 22.9 Å². The molecule has 8 nitrogen and oxygen atoms in total. The number of fused-ring (bicyclic) bond motifs is 1. The third-order valence-corrected chi connectivity index (χ3v) is 8.02. The minimum atomic E-state index is -0.745. The molecule has 10 heteroatoms. The first-order chi connectivity index (χ1) is 20.8. The Morgan fingerprint density at radius 1 is 1.09 bits per heavy atom. The average molecular weight is 614 g/mol. The van der Waals surface area contributed by atoms with Crippen LogP contribution in [0.1, 0.15) is 49.1 Å². The van der Waals surface area contributed by atoms with Crippen molar-refractivity contribution in [1.82, 2.24) is 4.57 Å². The van der Waals surface area contributed by atoms with Gasteiger partial charge in [-0.3, -0.25) is 9.36 Å². The van der Waals surface area contributed by atoms with Gasteiger partial charge in [-0.1, -0.05) is 53.3 Å². The van der Waals surface area contributed by atoms with Crippen molar-refractivity contribution in [3.63, 3.8) is 0 Å². The quantitative estimate of drug-likeness (QED) is 0.237. The average Bonchev–Trinajstić information content (AvgIpc) is 3.30. The zero-order valence-electron chi connectivity index (χ0n) is 23.8. The normalized spacial score (nSPS) is 14.5. The van der Waals surface area contributed by atoms with E-state index >= 15 is 0 Å². The molecule has 0 fully saturated rings. The second-order valence-electron chi connectivity index (χ2n) is 9.54. The smallest absolute Gasteiger partial charge is 0.338 e. The minimum absolute atomic E-state index is 0.160. The molecule has 0 aliphatic carbocycles. The highest BCUT2D eigenvalue weighted by atomic mass is 35.5. The van der Waals surface area contributed by atoms with E-state index in [1.807, 2.05) is 43.3 Å². The maximum absolute atomic E-state index is 14.0. The zero-order valence-corrected chi connectivity index (χ0v) is 25.4. The standard InChI is InChI=1S/C33H28ClN3O5S/c1-4-40-26-13-10-21(11-14-26)30-29(32(39)41-5-2)20(3)36-33-37(30)31(38)28(43-33)17-24-16-25(34)12-15-27(24)42-19-23-9-7-6-8-22(23)18-35/h6-17,30H,4-5,19H2,1-3H3/b28-17-/t30-/m0/s1. The largest absolute Gasteiger partial charge is 0.494 e. The third-order valence-electron chi connectivity index (χ3n) is 6.80. The lowest BCUT2D eigenvalue weighted by Crippen LogP contribution is -2.39. The Labute approximate surface area is 257 Å². The number of aromatic nitrogens is 1. The van der Waals surface area contributed by atoms with Crippen molar-refractivity contribution in [1.29, 1.82) is 5.26 Å². The van der Waals surface area contributed by atoms with Crippen LogP contribution in [0.5, 0.6) is 11.5 Å². The van der Waals surface area contributed by atoms with Crippen molar-refractivity contribution >= 4 is 35.0 Å². The summed E-state index contributed by atoms with van der Waals surface area (Å²) in [6, 6.07) is 21.1. The van der Waals surface area contributed by atoms with E-state index in [1.165, 1.54) is 15.9 Å². The number of allylic oxidation sites excluding steroid dienone is 1. The van der Waals surface area contributed by atoms with Gasteiger partial charge < -0.3 is 14.2 Å². The number of thiazole rings is 1. The lowest BCUT2D eigenvalue weighted by atomic mass is 9.96. The van der Waals surface area contributed by atoms with Crippen LogP contribution < -0.4 is 24.4 Å². The number of nitriles is 1. The van der Waals surface area contributed by atoms with Crippen molar-refractivity contribution in [3.8, 4) is 17.6 Å². The molecule has 0 N–H and O–H groups in total. The lowest BCUT2D eigenvalue weighted by molar-refractivity contribution is -0.139. The van der Waals surface area contributed by atoms with E-state index in [2.05, 4.69) is 11.1 Å². The fraction of sp³-hybridized carbons (Fsp3) is 0.212. The summed E-state index contributed by atoms with van der Waals surface area (Å²) in [6.07, 6.45) is 1.71. The Morgan fingerprint density at radius 3 is 2.58 bits per heavy atom. The maximum Gasteiger partial charge on any atom is 0.338 e. The highest BCUT2D eigenvalue weighted by molar-refractivity contribution is 7.07. The molecule has 0 saturated carbocycles. The van der Waals surface area contributed by atoms with Gasteiger partial charge >= 0.3 is 5.97 Å². The number of rotatable bonds is 9. The minimum Gasteiger partial charge on any atom is -0.494 e. The van der Waals surface area contributed by atoms with Crippen LogP contribution in [0, 0.1) is 11.3 Å². The Balaban J connectivity index is 1.61. The van der Waals surface area contributed by atoms with Gasteiger partial charge in [0, 0.05) is 16.1 Å². The van der Waals surface area contributed by atoms with Crippen LogP contribution in [0.3, 0.4) is 0 Å². The molecule has 3 aromatic carbocycles. The molecule has 0 bridgehead atoms. The van der Waals surface area contributed by atoms with E-state index in [0.29, 0.717) is 54.9 Å². The van der Waals surface area contributed by atoms with E-state index in [4.69, 9.17) is 25.8 Å². The van der Waals surface area contributed by atoms with Crippen LogP contribution in [0.2, 0.25) is 5.02 Å². The summed E-state index contributed by atoms with van der Waals surface area (Å²) in [5, 5.41) is 9.91. The molecule has 4 aromatic rings. The molecule has 1 aliphatic rings. The fourth-order valence-corrected chi connectivity index (χ4v) is 6.05. The van der Waals surface area contributed by atoms with Crippen molar-refractivity contribution < 1.29 is 19.0 Å². The highest BCUT2D eigenvalue weighted by Crippen LogP contribution is 2.32. The second-order valence-corrected chi connectivity index (χ2v) is 11.0. The Hall–Kier alpha value is -4.65. The molecule has 218 valence electrons. The van der Waals surface area contributed by atoms with E-state index in [0.717, 1.165) is 11.1 Å². The predicted molar refractivity (Wildman–Crippen MR) is 165 cm³/mol. The van der Waals surface area contributed by atoms with Gasteiger partial charge in [0.2, 0.25) is 0 Å². The molecule has 1 aliphatic heterocycles. The van der Waals surface area contributed by atoms with Crippen molar-refractivity contribution in [2.75, 3.05) is 13.2 Å². The van der Waals surface area contributed by atoms with Crippen LogP contribution in [-0.2, 0) is 16.1 Å². The number of halogens is 1. The number of esters is 1. The SMILES string of the molecule is CCOC(=O)C1=C(C)N=c2s/c(=C\c3cc(Cl)ccc3OCc3ccccc3C#N)c(=O)n2[C@H]1c1ccc(OCC)cc1. The van der Waals surface area contributed by atoms with Crippen molar-refractivity contribution in [2.24, 2.45) is 4.99 Å². The molecule has 2 heterocycles. The molecule has 1 atom stereocenters. The lowest BCUT2D eigenvalue weighted by Gasteiger charge is -2.24. The van der Waals surface area contributed by atoms with Crippen molar-refractivity contribution in [3.05, 3.63) is 125 Å². The van der Waals surface area contributed by atoms with Gasteiger partial charge in [-0.2, -0.15) is 5.26 Å². The summed E-state index contributed by atoms with van der Waals surface area (Å²) < 4.78 is 19.0. The summed E-state index contributed by atoms with van der Waals surface area (Å²) >= 11 is 7.55. The number of carbonyl (C=O) groups is 1. The van der Waals surface area contributed by atoms with Crippen LogP contribution in [0.15, 0.2) is 87.8 Å². The molecule has 0 saturated heterocycles. The molecular formula is C33H28ClN3O5S.